The number of carbonyl (C=O) groups excluding carboxylic acids is 1. The molecule has 1 atom stereocenters. The van der Waals surface area contributed by atoms with Crippen LogP contribution in [0.4, 0.5) is 10.6 Å². The second-order valence-corrected chi connectivity index (χ2v) is 5.55. The predicted octanol–water partition coefficient (Wildman–Crippen LogP) is 3.03. The fraction of sp³-hybridized carbons (Fsp3) is 0.167. The van der Waals surface area contributed by atoms with Gasteiger partial charge in [0.15, 0.2) is 0 Å². The molecule has 0 aliphatic heterocycles. The lowest BCUT2D eigenvalue weighted by molar-refractivity contribution is 0.249. The maximum absolute atomic E-state index is 12.4. The first kappa shape index (κ1) is 15.7. The van der Waals surface area contributed by atoms with Gasteiger partial charge >= 0.3 is 6.03 Å². The van der Waals surface area contributed by atoms with Gasteiger partial charge in [-0.3, -0.25) is 5.32 Å². The van der Waals surface area contributed by atoms with Crippen molar-refractivity contribution in [2.24, 2.45) is 7.05 Å². The Hall–Kier alpha value is -3.15. The van der Waals surface area contributed by atoms with Crippen molar-refractivity contribution in [3.8, 4) is 0 Å². The van der Waals surface area contributed by atoms with Crippen molar-refractivity contribution in [3.63, 3.8) is 0 Å². The number of urea groups is 1. The van der Waals surface area contributed by atoms with Gasteiger partial charge in [0, 0.05) is 25.6 Å². The van der Waals surface area contributed by atoms with Crippen LogP contribution in [0.2, 0.25) is 0 Å². The molecule has 24 heavy (non-hydrogen) atoms. The zero-order chi connectivity index (χ0) is 16.9. The Morgan fingerprint density at radius 1 is 1.08 bits per heavy atom. The number of imidazole rings is 1. The lowest BCUT2D eigenvalue weighted by Gasteiger charge is -2.19. The molecule has 2 heterocycles. The van der Waals surface area contributed by atoms with Crippen molar-refractivity contribution in [1.82, 2.24) is 19.9 Å². The highest BCUT2D eigenvalue weighted by Crippen LogP contribution is 2.21. The molecule has 122 valence electrons. The van der Waals surface area contributed by atoms with E-state index in [0.29, 0.717) is 5.82 Å². The average Bonchev–Trinajstić information content (AvgIpc) is 3.00. The third kappa shape index (κ3) is 3.60. The van der Waals surface area contributed by atoms with Crippen molar-refractivity contribution >= 4 is 11.8 Å². The number of carbonyl (C=O) groups is 1. The van der Waals surface area contributed by atoms with E-state index in [-0.39, 0.29) is 12.1 Å². The van der Waals surface area contributed by atoms with Gasteiger partial charge < -0.3 is 9.88 Å². The van der Waals surface area contributed by atoms with E-state index < -0.39 is 0 Å². The van der Waals surface area contributed by atoms with E-state index in [1.807, 2.05) is 55.1 Å². The molecule has 2 aromatic heterocycles. The van der Waals surface area contributed by atoms with E-state index in [4.69, 9.17) is 0 Å². The second-order valence-electron chi connectivity index (χ2n) is 5.55. The molecule has 0 fully saturated rings. The first-order valence-corrected chi connectivity index (χ1v) is 7.66. The molecule has 3 aromatic rings. The van der Waals surface area contributed by atoms with E-state index in [1.54, 1.807) is 24.5 Å². The molecule has 1 aromatic carbocycles. The standard InChI is InChI=1S/C18H19N5O/c1-13-6-8-14(9-7-13)16(17-20-11-12-23(17)2)22-18(24)21-15-5-3-4-10-19-15/h3-12,16H,1-2H3,(H2,19,21,22,24). The van der Waals surface area contributed by atoms with Gasteiger partial charge in [0.05, 0.1) is 0 Å². The number of pyridine rings is 1. The van der Waals surface area contributed by atoms with Crippen molar-refractivity contribution in [1.29, 1.82) is 0 Å². The fourth-order valence-electron chi connectivity index (χ4n) is 2.43. The summed E-state index contributed by atoms with van der Waals surface area (Å²) in [6.07, 6.45) is 5.20. The molecule has 1 unspecified atom stereocenters. The van der Waals surface area contributed by atoms with Crippen LogP contribution in [0, 0.1) is 6.92 Å². The van der Waals surface area contributed by atoms with Gasteiger partial charge in [-0.1, -0.05) is 35.9 Å². The van der Waals surface area contributed by atoms with Gasteiger partial charge in [-0.15, -0.1) is 0 Å². The summed E-state index contributed by atoms with van der Waals surface area (Å²) in [5.74, 6) is 1.26. The molecule has 0 radical (unpaired) electrons. The zero-order valence-corrected chi connectivity index (χ0v) is 13.6. The van der Waals surface area contributed by atoms with Gasteiger partial charge in [-0.2, -0.15) is 0 Å². The summed E-state index contributed by atoms with van der Waals surface area (Å²) >= 11 is 0. The number of nitrogens with zero attached hydrogens (tertiary/aromatic N) is 3. The van der Waals surface area contributed by atoms with Crippen LogP contribution in [0.15, 0.2) is 61.1 Å². The van der Waals surface area contributed by atoms with Crippen LogP contribution in [0.1, 0.15) is 23.0 Å². The van der Waals surface area contributed by atoms with Gasteiger partial charge in [0.25, 0.3) is 0 Å². The maximum Gasteiger partial charge on any atom is 0.321 e. The second kappa shape index (κ2) is 6.95. The van der Waals surface area contributed by atoms with Crippen molar-refractivity contribution in [2.45, 2.75) is 13.0 Å². The molecule has 0 saturated carbocycles. The molecule has 2 N–H and O–H groups in total. The summed E-state index contributed by atoms with van der Waals surface area (Å²) in [5.41, 5.74) is 2.13. The van der Waals surface area contributed by atoms with Crippen LogP contribution in [0.25, 0.3) is 0 Å². The van der Waals surface area contributed by atoms with E-state index in [2.05, 4.69) is 20.6 Å². The highest BCUT2D eigenvalue weighted by Gasteiger charge is 2.20. The smallest absolute Gasteiger partial charge is 0.321 e. The number of aryl methyl sites for hydroxylation is 2. The first-order chi connectivity index (χ1) is 11.6. The molecule has 6 nitrogen and oxygen atoms in total. The summed E-state index contributed by atoms with van der Waals surface area (Å²) in [5, 5.41) is 5.71. The minimum Gasteiger partial charge on any atom is -0.336 e. The summed E-state index contributed by atoms with van der Waals surface area (Å²) in [6.45, 7) is 2.03. The monoisotopic (exact) mass is 321 g/mol. The third-order valence-electron chi connectivity index (χ3n) is 3.71. The fourth-order valence-corrected chi connectivity index (χ4v) is 2.43. The predicted molar refractivity (Wildman–Crippen MR) is 92.6 cm³/mol. The summed E-state index contributed by atoms with van der Waals surface area (Å²) in [7, 11) is 1.90. The number of hydrogen-bond acceptors (Lipinski definition) is 3. The lowest BCUT2D eigenvalue weighted by atomic mass is 10.0. The molecule has 0 aliphatic carbocycles. The topological polar surface area (TPSA) is 71.8 Å². The molecule has 0 saturated heterocycles. The van der Waals surface area contributed by atoms with Crippen LogP contribution in [0.5, 0.6) is 0 Å². The average molecular weight is 321 g/mol. The Bertz CT molecular complexity index is 811. The van der Waals surface area contributed by atoms with Crippen molar-refractivity contribution in [3.05, 3.63) is 78.0 Å². The van der Waals surface area contributed by atoms with Crippen LogP contribution in [0.3, 0.4) is 0 Å². The van der Waals surface area contributed by atoms with Gasteiger partial charge in [-0.05, 0) is 24.6 Å². The van der Waals surface area contributed by atoms with E-state index in [1.165, 1.54) is 0 Å². The van der Waals surface area contributed by atoms with Crippen molar-refractivity contribution in [2.75, 3.05) is 5.32 Å². The van der Waals surface area contributed by atoms with Gasteiger partial charge in [-0.25, -0.2) is 14.8 Å². The minimum atomic E-state index is -0.352. The highest BCUT2D eigenvalue weighted by atomic mass is 16.2. The minimum absolute atomic E-state index is 0.331. The number of rotatable bonds is 4. The molecular weight excluding hydrogens is 302 g/mol. The molecule has 0 bridgehead atoms. The summed E-state index contributed by atoms with van der Waals surface area (Å²) < 4.78 is 1.89. The molecule has 0 aliphatic rings. The first-order valence-electron chi connectivity index (χ1n) is 7.66. The normalized spacial score (nSPS) is 11.8. The van der Waals surface area contributed by atoms with Gasteiger partial charge in [0.2, 0.25) is 0 Å². The lowest BCUT2D eigenvalue weighted by Crippen LogP contribution is -2.34. The number of aromatic nitrogens is 3. The molecule has 6 heteroatoms. The van der Waals surface area contributed by atoms with E-state index >= 15 is 0 Å². The Kier molecular flexibility index (Phi) is 4.56. The van der Waals surface area contributed by atoms with E-state index in [9.17, 15) is 4.79 Å². The van der Waals surface area contributed by atoms with Crippen LogP contribution in [-0.2, 0) is 7.05 Å². The molecular formula is C18H19N5O. The number of nitrogens with one attached hydrogen (secondary N) is 2. The Labute approximate surface area is 140 Å². The van der Waals surface area contributed by atoms with Crippen LogP contribution in [-0.4, -0.2) is 20.6 Å². The molecule has 2 amide bonds. The van der Waals surface area contributed by atoms with Crippen LogP contribution < -0.4 is 10.6 Å². The Morgan fingerprint density at radius 3 is 2.50 bits per heavy atom. The Balaban J connectivity index is 1.84. The Morgan fingerprint density at radius 2 is 1.88 bits per heavy atom. The van der Waals surface area contributed by atoms with Gasteiger partial charge in [0.1, 0.15) is 17.7 Å². The summed E-state index contributed by atoms with van der Waals surface area (Å²) in [6, 6.07) is 12.7. The SMILES string of the molecule is Cc1ccc(C(NC(=O)Nc2ccccn2)c2nccn2C)cc1. The number of hydrogen-bond donors (Lipinski definition) is 2. The summed E-state index contributed by atoms with van der Waals surface area (Å²) in [4.78, 5) is 20.8. The van der Waals surface area contributed by atoms with Crippen molar-refractivity contribution < 1.29 is 4.79 Å². The zero-order valence-electron chi connectivity index (χ0n) is 13.6. The molecule has 0 spiro atoms. The van der Waals surface area contributed by atoms with Crippen LogP contribution >= 0.6 is 0 Å². The number of amides is 2. The largest absolute Gasteiger partial charge is 0.336 e. The number of benzene rings is 1. The third-order valence-corrected chi connectivity index (χ3v) is 3.71. The molecule has 3 rings (SSSR count). The van der Waals surface area contributed by atoms with E-state index in [0.717, 1.165) is 17.0 Å². The number of anilines is 1. The quantitative estimate of drug-likeness (QED) is 0.776. The maximum atomic E-state index is 12.4. The highest BCUT2D eigenvalue weighted by molar-refractivity contribution is 5.88.